The summed E-state index contributed by atoms with van der Waals surface area (Å²) in [6, 6.07) is 6.17. The number of imidazole rings is 1. The Labute approximate surface area is 156 Å². The third-order valence-electron chi connectivity index (χ3n) is 4.70. The molecule has 0 saturated carbocycles. The average Bonchev–Trinajstić information content (AvgIpc) is 3.35. The lowest BCUT2D eigenvalue weighted by Crippen LogP contribution is -2.32. The van der Waals surface area contributed by atoms with Crippen molar-refractivity contribution >= 4 is 9.84 Å². The van der Waals surface area contributed by atoms with Gasteiger partial charge in [0.1, 0.15) is 5.82 Å². The number of hydrogen-bond donors (Lipinski definition) is 1. The third-order valence-corrected chi connectivity index (χ3v) is 6.47. The van der Waals surface area contributed by atoms with Crippen molar-refractivity contribution in [2.75, 3.05) is 18.1 Å². The van der Waals surface area contributed by atoms with E-state index in [-0.39, 0.29) is 23.4 Å². The number of halogens is 1. The average molecular weight is 389 g/mol. The molecule has 1 fully saturated rings. The maximum absolute atomic E-state index is 13.1. The zero-order chi connectivity index (χ0) is 18.9. The van der Waals surface area contributed by atoms with Crippen molar-refractivity contribution in [3.05, 3.63) is 55.0 Å². The van der Waals surface area contributed by atoms with Gasteiger partial charge in [-0.1, -0.05) is 0 Å². The summed E-state index contributed by atoms with van der Waals surface area (Å²) in [5.41, 5.74) is 2.60. The first kappa shape index (κ1) is 17.9. The van der Waals surface area contributed by atoms with Crippen LogP contribution in [0.4, 0.5) is 4.39 Å². The van der Waals surface area contributed by atoms with E-state index in [9.17, 15) is 12.8 Å². The zero-order valence-corrected chi connectivity index (χ0v) is 15.4. The molecule has 27 heavy (non-hydrogen) atoms. The summed E-state index contributed by atoms with van der Waals surface area (Å²) in [5.74, 6) is 0.199. The summed E-state index contributed by atoms with van der Waals surface area (Å²) >= 11 is 0. The first-order valence-electron chi connectivity index (χ1n) is 8.75. The molecule has 9 heteroatoms. The maximum Gasteiger partial charge on any atom is 0.151 e. The fraction of sp³-hybridized carbons (Fsp3) is 0.333. The van der Waals surface area contributed by atoms with Gasteiger partial charge in [-0.2, -0.15) is 5.10 Å². The Kier molecular flexibility index (Phi) is 4.79. The molecule has 0 spiro atoms. The lowest BCUT2D eigenvalue weighted by Gasteiger charge is -2.12. The standard InChI is InChI=1S/C18H20FN5O2S/c19-15-1-3-17(4-2-15)24-11-14(9-22-24)18-10-20-13-23(18)7-6-21-16-5-8-27(25,26)12-16/h1-4,9-11,13,16,21H,5-8,12H2/t16-/m1/s1. The van der Waals surface area contributed by atoms with Gasteiger partial charge in [0.15, 0.2) is 9.84 Å². The smallest absolute Gasteiger partial charge is 0.151 e. The van der Waals surface area contributed by atoms with Gasteiger partial charge < -0.3 is 9.88 Å². The lowest BCUT2D eigenvalue weighted by atomic mass is 10.2. The van der Waals surface area contributed by atoms with Crippen LogP contribution in [0.15, 0.2) is 49.2 Å². The van der Waals surface area contributed by atoms with Gasteiger partial charge in [-0.25, -0.2) is 22.5 Å². The highest BCUT2D eigenvalue weighted by atomic mass is 32.2. The summed E-state index contributed by atoms with van der Waals surface area (Å²) < 4.78 is 39.8. The number of aromatic nitrogens is 4. The Morgan fingerprint density at radius 2 is 2.04 bits per heavy atom. The molecule has 0 radical (unpaired) electrons. The number of benzene rings is 1. The maximum atomic E-state index is 13.1. The first-order chi connectivity index (χ1) is 13.0. The van der Waals surface area contributed by atoms with Gasteiger partial charge in [0, 0.05) is 30.9 Å². The van der Waals surface area contributed by atoms with Gasteiger partial charge in [0.2, 0.25) is 0 Å². The van der Waals surface area contributed by atoms with E-state index in [2.05, 4.69) is 15.4 Å². The van der Waals surface area contributed by atoms with Crippen LogP contribution in [-0.2, 0) is 16.4 Å². The number of hydrogen-bond acceptors (Lipinski definition) is 5. The minimum Gasteiger partial charge on any atom is -0.329 e. The summed E-state index contributed by atoms with van der Waals surface area (Å²) in [6.45, 7) is 1.34. The van der Waals surface area contributed by atoms with Crippen LogP contribution in [0, 0.1) is 5.82 Å². The highest BCUT2D eigenvalue weighted by Gasteiger charge is 2.27. The molecule has 1 N–H and O–H groups in total. The van der Waals surface area contributed by atoms with Crippen LogP contribution in [0.2, 0.25) is 0 Å². The predicted molar refractivity (Wildman–Crippen MR) is 99.8 cm³/mol. The van der Waals surface area contributed by atoms with Gasteiger partial charge in [-0.15, -0.1) is 0 Å². The van der Waals surface area contributed by atoms with E-state index in [0.29, 0.717) is 19.5 Å². The Hall–Kier alpha value is -2.52. The molecule has 4 rings (SSSR count). The Bertz CT molecular complexity index is 1030. The van der Waals surface area contributed by atoms with Gasteiger partial charge in [-0.3, -0.25) is 0 Å². The van der Waals surface area contributed by atoms with Gasteiger partial charge in [-0.05, 0) is 30.7 Å². The topological polar surface area (TPSA) is 81.8 Å². The van der Waals surface area contributed by atoms with Crippen molar-refractivity contribution in [3.8, 4) is 16.9 Å². The molecule has 1 aliphatic rings. The molecule has 0 amide bonds. The first-order valence-corrected chi connectivity index (χ1v) is 10.6. The Balaban J connectivity index is 1.42. The summed E-state index contributed by atoms with van der Waals surface area (Å²) in [5, 5.41) is 7.65. The predicted octanol–water partition coefficient (Wildman–Crippen LogP) is 1.65. The van der Waals surface area contributed by atoms with E-state index < -0.39 is 9.84 Å². The molecule has 1 aliphatic heterocycles. The quantitative estimate of drug-likeness (QED) is 0.693. The van der Waals surface area contributed by atoms with Crippen LogP contribution in [0.3, 0.4) is 0 Å². The minimum atomic E-state index is -2.87. The van der Waals surface area contributed by atoms with Crippen LogP contribution in [-0.4, -0.2) is 51.8 Å². The van der Waals surface area contributed by atoms with Crippen molar-refractivity contribution in [2.24, 2.45) is 0 Å². The molecule has 1 saturated heterocycles. The third kappa shape index (κ3) is 4.09. The molecule has 142 valence electrons. The van der Waals surface area contributed by atoms with E-state index in [1.807, 2.05) is 10.8 Å². The number of rotatable bonds is 6. The fourth-order valence-corrected chi connectivity index (χ4v) is 4.98. The van der Waals surface area contributed by atoms with Gasteiger partial charge in [0.25, 0.3) is 0 Å². The van der Waals surface area contributed by atoms with Crippen LogP contribution in [0.25, 0.3) is 16.9 Å². The molecule has 3 heterocycles. The van der Waals surface area contributed by atoms with Crippen molar-refractivity contribution in [2.45, 2.75) is 19.0 Å². The van der Waals surface area contributed by atoms with E-state index >= 15 is 0 Å². The number of nitrogens with zero attached hydrogens (tertiary/aromatic N) is 4. The van der Waals surface area contributed by atoms with Crippen LogP contribution >= 0.6 is 0 Å². The minimum absolute atomic E-state index is 0.0307. The molecule has 1 atom stereocenters. The van der Waals surface area contributed by atoms with Crippen LogP contribution in [0.5, 0.6) is 0 Å². The van der Waals surface area contributed by atoms with Crippen molar-refractivity contribution in [1.82, 2.24) is 24.6 Å². The normalized spacial score (nSPS) is 18.8. The Morgan fingerprint density at radius 3 is 2.78 bits per heavy atom. The fourth-order valence-electron chi connectivity index (χ4n) is 3.27. The summed E-state index contributed by atoms with van der Waals surface area (Å²) in [6.07, 6.45) is 7.80. The second kappa shape index (κ2) is 7.24. The van der Waals surface area contributed by atoms with Crippen LogP contribution in [0.1, 0.15) is 6.42 Å². The van der Waals surface area contributed by atoms with Gasteiger partial charge >= 0.3 is 0 Å². The van der Waals surface area contributed by atoms with E-state index in [1.54, 1.807) is 35.5 Å². The molecular formula is C18H20FN5O2S. The lowest BCUT2D eigenvalue weighted by molar-refractivity contribution is 0.521. The molecule has 7 nitrogen and oxygen atoms in total. The largest absolute Gasteiger partial charge is 0.329 e. The molecule has 2 aromatic heterocycles. The molecule has 0 bridgehead atoms. The molecular weight excluding hydrogens is 369 g/mol. The van der Waals surface area contributed by atoms with Gasteiger partial charge in [0.05, 0.1) is 41.6 Å². The van der Waals surface area contributed by atoms with Crippen molar-refractivity contribution in [3.63, 3.8) is 0 Å². The van der Waals surface area contributed by atoms with E-state index in [4.69, 9.17) is 0 Å². The second-order valence-electron chi connectivity index (χ2n) is 6.68. The SMILES string of the molecule is O=S1(=O)CC[C@@H](NCCn2cncc2-c2cnn(-c3ccc(F)cc3)c2)C1. The molecule has 0 unspecified atom stereocenters. The van der Waals surface area contributed by atoms with Crippen molar-refractivity contribution < 1.29 is 12.8 Å². The second-order valence-corrected chi connectivity index (χ2v) is 8.91. The molecule has 3 aromatic rings. The summed E-state index contributed by atoms with van der Waals surface area (Å²) in [4.78, 5) is 4.22. The molecule has 1 aromatic carbocycles. The van der Waals surface area contributed by atoms with E-state index in [1.165, 1.54) is 12.1 Å². The number of sulfone groups is 1. The highest BCUT2D eigenvalue weighted by molar-refractivity contribution is 7.91. The summed E-state index contributed by atoms with van der Waals surface area (Å²) in [7, 11) is -2.87. The van der Waals surface area contributed by atoms with Crippen molar-refractivity contribution in [1.29, 1.82) is 0 Å². The monoisotopic (exact) mass is 389 g/mol. The molecule has 0 aliphatic carbocycles. The van der Waals surface area contributed by atoms with Crippen LogP contribution < -0.4 is 5.32 Å². The van der Waals surface area contributed by atoms with E-state index in [0.717, 1.165) is 16.9 Å². The highest BCUT2D eigenvalue weighted by Crippen LogP contribution is 2.20. The Morgan fingerprint density at radius 1 is 1.22 bits per heavy atom. The number of nitrogens with one attached hydrogen (secondary N) is 1. The zero-order valence-electron chi connectivity index (χ0n) is 14.6.